The normalized spacial score (nSPS) is 24.2. The van der Waals surface area contributed by atoms with Gasteiger partial charge in [-0.05, 0) is 25.7 Å². The Labute approximate surface area is 102 Å². The second kappa shape index (κ2) is 5.84. The molecule has 0 radical (unpaired) electrons. The van der Waals surface area contributed by atoms with Crippen LogP contribution < -0.4 is 0 Å². The third-order valence-corrected chi connectivity index (χ3v) is 3.01. The molecule has 0 amide bonds. The first-order valence-corrected chi connectivity index (χ1v) is 5.92. The second-order valence-corrected chi connectivity index (χ2v) is 4.66. The maximum absolute atomic E-state index is 11.0. The van der Waals surface area contributed by atoms with Gasteiger partial charge < -0.3 is 9.47 Å². The molecule has 1 rings (SSSR count). The Morgan fingerprint density at radius 3 is 2.24 bits per heavy atom. The molecule has 17 heavy (non-hydrogen) atoms. The molecule has 0 saturated carbocycles. The van der Waals surface area contributed by atoms with E-state index in [4.69, 9.17) is 9.47 Å². The van der Waals surface area contributed by atoms with E-state index in [0.717, 1.165) is 12.8 Å². The number of esters is 2. The summed E-state index contributed by atoms with van der Waals surface area (Å²) in [6, 6.07) is 0. The van der Waals surface area contributed by atoms with Crippen molar-refractivity contribution in [1.29, 1.82) is 0 Å². The topological polar surface area (TPSA) is 52.6 Å². The van der Waals surface area contributed by atoms with E-state index in [1.807, 2.05) is 6.92 Å². The standard InChI is InChI=1S/C13H20O4/c1-8-5-6-12(9(2)7-8)13(16-10(3)14)17-11(4)15/h7,9,12-13H,5-6H2,1-4H3. The quantitative estimate of drug-likeness (QED) is 0.432. The molecule has 0 N–H and O–H groups in total. The molecule has 0 aromatic heterocycles. The van der Waals surface area contributed by atoms with Crippen LogP contribution in [0, 0.1) is 11.8 Å². The molecule has 0 aromatic rings. The maximum Gasteiger partial charge on any atom is 0.305 e. The summed E-state index contributed by atoms with van der Waals surface area (Å²) in [7, 11) is 0. The van der Waals surface area contributed by atoms with Crippen LogP contribution in [-0.2, 0) is 19.1 Å². The lowest BCUT2D eigenvalue weighted by Crippen LogP contribution is -2.35. The van der Waals surface area contributed by atoms with Gasteiger partial charge in [0.1, 0.15) is 0 Å². The number of allylic oxidation sites excluding steroid dienone is 2. The third kappa shape index (κ3) is 4.21. The largest absolute Gasteiger partial charge is 0.425 e. The van der Waals surface area contributed by atoms with Crippen molar-refractivity contribution in [3.8, 4) is 0 Å². The van der Waals surface area contributed by atoms with Gasteiger partial charge in [-0.15, -0.1) is 0 Å². The van der Waals surface area contributed by atoms with Crippen LogP contribution in [0.25, 0.3) is 0 Å². The van der Waals surface area contributed by atoms with Crippen LogP contribution in [-0.4, -0.2) is 18.2 Å². The van der Waals surface area contributed by atoms with Crippen molar-refractivity contribution in [3.05, 3.63) is 11.6 Å². The highest BCUT2D eigenvalue weighted by Gasteiger charge is 2.32. The van der Waals surface area contributed by atoms with E-state index in [1.165, 1.54) is 19.4 Å². The number of hydrogen-bond donors (Lipinski definition) is 0. The summed E-state index contributed by atoms with van der Waals surface area (Å²) >= 11 is 0. The number of carbonyl (C=O) groups excluding carboxylic acids is 2. The van der Waals surface area contributed by atoms with Gasteiger partial charge in [0.05, 0.1) is 0 Å². The van der Waals surface area contributed by atoms with E-state index in [9.17, 15) is 9.59 Å². The van der Waals surface area contributed by atoms with Gasteiger partial charge in [0.15, 0.2) is 0 Å². The van der Waals surface area contributed by atoms with Crippen molar-refractivity contribution in [2.45, 2.75) is 46.8 Å². The first kappa shape index (κ1) is 13.7. The molecular formula is C13H20O4. The lowest BCUT2D eigenvalue weighted by Gasteiger charge is -2.32. The van der Waals surface area contributed by atoms with Crippen molar-refractivity contribution in [2.75, 3.05) is 0 Å². The molecule has 0 saturated heterocycles. The van der Waals surface area contributed by atoms with E-state index in [2.05, 4.69) is 13.0 Å². The lowest BCUT2D eigenvalue weighted by atomic mass is 9.81. The van der Waals surface area contributed by atoms with Crippen LogP contribution in [0.15, 0.2) is 11.6 Å². The summed E-state index contributed by atoms with van der Waals surface area (Å²) < 4.78 is 10.2. The Morgan fingerprint density at radius 1 is 1.29 bits per heavy atom. The smallest absolute Gasteiger partial charge is 0.305 e. The number of ether oxygens (including phenoxy) is 2. The van der Waals surface area contributed by atoms with E-state index >= 15 is 0 Å². The summed E-state index contributed by atoms with van der Waals surface area (Å²) in [5, 5.41) is 0. The van der Waals surface area contributed by atoms with E-state index < -0.39 is 18.2 Å². The van der Waals surface area contributed by atoms with Crippen LogP contribution in [0.5, 0.6) is 0 Å². The molecule has 0 spiro atoms. The van der Waals surface area contributed by atoms with Crippen LogP contribution in [0.1, 0.15) is 40.5 Å². The minimum Gasteiger partial charge on any atom is -0.425 e. The summed E-state index contributed by atoms with van der Waals surface area (Å²) in [6.07, 6.45) is 3.21. The maximum atomic E-state index is 11.0. The van der Waals surface area contributed by atoms with Crippen molar-refractivity contribution in [2.24, 2.45) is 11.8 Å². The fourth-order valence-corrected chi connectivity index (χ4v) is 2.22. The average molecular weight is 240 g/mol. The van der Waals surface area contributed by atoms with Crippen molar-refractivity contribution >= 4 is 11.9 Å². The highest BCUT2D eigenvalue weighted by atomic mass is 16.7. The van der Waals surface area contributed by atoms with Crippen LogP contribution in [0.3, 0.4) is 0 Å². The molecule has 0 fully saturated rings. The highest BCUT2D eigenvalue weighted by Crippen LogP contribution is 2.32. The number of hydrogen-bond acceptors (Lipinski definition) is 4. The van der Waals surface area contributed by atoms with Gasteiger partial charge in [-0.25, -0.2) is 0 Å². The lowest BCUT2D eigenvalue weighted by molar-refractivity contribution is -0.198. The molecule has 0 aromatic carbocycles. The minimum atomic E-state index is -0.760. The van der Waals surface area contributed by atoms with E-state index in [1.54, 1.807) is 0 Å². The Bertz CT molecular complexity index is 316. The second-order valence-electron chi connectivity index (χ2n) is 4.66. The number of rotatable bonds is 3. The molecule has 2 atom stereocenters. The molecule has 2 unspecified atom stereocenters. The minimum absolute atomic E-state index is 0.0477. The molecule has 0 aliphatic heterocycles. The molecule has 0 bridgehead atoms. The monoisotopic (exact) mass is 240 g/mol. The zero-order valence-electron chi connectivity index (χ0n) is 10.9. The van der Waals surface area contributed by atoms with Gasteiger partial charge in [0, 0.05) is 19.8 Å². The predicted molar refractivity (Wildman–Crippen MR) is 63.0 cm³/mol. The Balaban J connectivity index is 2.75. The van der Waals surface area contributed by atoms with Gasteiger partial charge in [-0.1, -0.05) is 18.6 Å². The molecule has 0 heterocycles. The third-order valence-electron chi connectivity index (χ3n) is 3.01. The summed E-state index contributed by atoms with van der Waals surface area (Å²) in [5.41, 5.74) is 1.33. The predicted octanol–water partition coefficient (Wildman–Crippen LogP) is 2.43. The Hall–Kier alpha value is -1.32. The van der Waals surface area contributed by atoms with Gasteiger partial charge in [-0.2, -0.15) is 0 Å². The molecule has 1 aliphatic carbocycles. The highest BCUT2D eigenvalue weighted by molar-refractivity contribution is 5.68. The summed E-state index contributed by atoms with van der Waals surface area (Å²) in [5.74, 6) is -0.552. The van der Waals surface area contributed by atoms with Crippen molar-refractivity contribution in [1.82, 2.24) is 0 Å². The molecule has 4 heteroatoms. The SMILES string of the molecule is CC(=O)OC(OC(C)=O)C1CCC(C)=CC1C. The molecule has 4 nitrogen and oxygen atoms in total. The zero-order chi connectivity index (χ0) is 13.0. The molecule has 1 aliphatic rings. The Kier molecular flexibility index (Phi) is 4.73. The molecular weight excluding hydrogens is 220 g/mol. The summed E-state index contributed by atoms with van der Waals surface area (Å²) in [4.78, 5) is 22.0. The molecule has 96 valence electrons. The number of carbonyl (C=O) groups is 2. The Morgan fingerprint density at radius 2 is 1.82 bits per heavy atom. The first-order valence-electron chi connectivity index (χ1n) is 5.92. The van der Waals surface area contributed by atoms with Crippen LogP contribution in [0.4, 0.5) is 0 Å². The van der Waals surface area contributed by atoms with E-state index in [0.29, 0.717) is 0 Å². The zero-order valence-corrected chi connectivity index (χ0v) is 10.9. The average Bonchev–Trinajstić information content (AvgIpc) is 2.14. The fourth-order valence-electron chi connectivity index (χ4n) is 2.22. The fraction of sp³-hybridized carbons (Fsp3) is 0.692. The van der Waals surface area contributed by atoms with Crippen molar-refractivity contribution in [3.63, 3.8) is 0 Å². The van der Waals surface area contributed by atoms with Gasteiger partial charge in [0.2, 0.25) is 0 Å². The van der Waals surface area contributed by atoms with Gasteiger partial charge in [0.25, 0.3) is 6.29 Å². The first-order chi connectivity index (χ1) is 7.90. The van der Waals surface area contributed by atoms with Gasteiger partial charge >= 0.3 is 11.9 Å². The van der Waals surface area contributed by atoms with Crippen LogP contribution >= 0.6 is 0 Å². The van der Waals surface area contributed by atoms with Crippen molar-refractivity contribution < 1.29 is 19.1 Å². The van der Waals surface area contributed by atoms with Crippen LogP contribution in [0.2, 0.25) is 0 Å². The van der Waals surface area contributed by atoms with Gasteiger partial charge in [-0.3, -0.25) is 9.59 Å². The summed E-state index contributed by atoms with van der Waals surface area (Å²) in [6.45, 7) is 6.78. The van der Waals surface area contributed by atoms with E-state index in [-0.39, 0.29) is 11.8 Å².